The van der Waals surface area contributed by atoms with Gasteiger partial charge in [-0.2, -0.15) is 15.5 Å². The van der Waals surface area contributed by atoms with Gasteiger partial charge in [0.05, 0.1) is 22.0 Å². The summed E-state index contributed by atoms with van der Waals surface area (Å²) in [6, 6.07) is 8.45. The van der Waals surface area contributed by atoms with Crippen molar-refractivity contribution in [3.63, 3.8) is 0 Å². The zero-order valence-corrected chi connectivity index (χ0v) is 7.30. The second kappa shape index (κ2) is 4.13. The number of nitrogens with zero attached hydrogens (tertiary/aromatic N) is 3. The van der Waals surface area contributed by atoms with Gasteiger partial charge in [-0.15, -0.1) is 0 Å². The van der Waals surface area contributed by atoms with E-state index in [0.717, 1.165) is 0 Å². The van der Waals surface area contributed by atoms with E-state index in [1.807, 2.05) is 12.1 Å². The van der Waals surface area contributed by atoms with Crippen molar-refractivity contribution in [3.05, 3.63) is 29.3 Å². The van der Waals surface area contributed by atoms with Crippen molar-refractivity contribution in [2.45, 2.75) is 0 Å². The first-order valence-corrected chi connectivity index (χ1v) is 3.74. The summed E-state index contributed by atoms with van der Waals surface area (Å²) in [6.45, 7) is 0. The van der Waals surface area contributed by atoms with Gasteiger partial charge in [0, 0.05) is 0 Å². The second-order valence-corrected chi connectivity index (χ2v) is 2.34. The summed E-state index contributed by atoms with van der Waals surface area (Å²) in [5.74, 6) is 0. The van der Waals surface area contributed by atoms with E-state index < -0.39 is 0 Å². The molecule has 0 unspecified atom stereocenters. The van der Waals surface area contributed by atoms with Gasteiger partial charge in [-0.25, -0.2) is 0 Å². The van der Waals surface area contributed by atoms with Crippen molar-refractivity contribution in [2.24, 2.45) is 4.99 Å². The minimum Gasteiger partial charge on any atom is -0.195 e. The fourth-order valence-electron chi connectivity index (χ4n) is 0.844. The highest BCUT2D eigenvalue weighted by Crippen LogP contribution is 2.16. The van der Waals surface area contributed by atoms with Crippen LogP contribution in [0.25, 0.3) is 0 Å². The molecule has 1 aromatic rings. The normalized spacial score (nSPS) is 7.85. The molecule has 0 aliphatic heterocycles. The molecule has 0 amide bonds. The van der Waals surface area contributed by atoms with E-state index >= 15 is 0 Å². The molecule has 1 rings (SSSR count). The predicted octanol–water partition coefficient (Wildman–Crippen LogP) is 2.16. The molecule has 0 aliphatic carbocycles. The zero-order valence-electron chi connectivity index (χ0n) is 6.48. The summed E-state index contributed by atoms with van der Waals surface area (Å²) in [5, 5.41) is 19.4. The molecule has 0 saturated carbocycles. The third-order valence-electron chi connectivity index (χ3n) is 1.42. The molecule has 1 aromatic carbocycles. The maximum Gasteiger partial charge on any atom is 0.101 e. The molecule has 13 heavy (non-hydrogen) atoms. The minimum atomic E-state index is 0.300. The number of benzene rings is 1. The Morgan fingerprint density at radius 3 is 2.38 bits per heavy atom. The Bertz CT molecular complexity index is 459. The molecule has 3 nitrogen and oxygen atoms in total. The lowest BCUT2D eigenvalue weighted by Gasteiger charge is -1.94. The van der Waals surface area contributed by atoms with Crippen LogP contribution in [0.1, 0.15) is 11.1 Å². The minimum absolute atomic E-state index is 0.300. The molecule has 0 bridgehead atoms. The second-order valence-electron chi connectivity index (χ2n) is 2.16. The summed E-state index contributed by atoms with van der Waals surface area (Å²) >= 11 is 4.41. The zero-order chi connectivity index (χ0) is 9.68. The summed E-state index contributed by atoms with van der Waals surface area (Å²) in [6.07, 6.45) is 0. The van der Waals surface area contributed by atoms with Crippen LogP contribution in [0.2, 0.25) is 0 Å². The highest BCUT2D eigenvalue weighted by Gasteiger charge is 2.00. The lowest BCUT2D eigenvalue weighted by molar-refractivity contribution is 1.41. The number of aliphatic imine (C=N–C) groups is 1. The van der Waals surface area contributed by atoms with Crippen LogP contribution >= 0.6 is 12.2 Å². The average Bonchev–Trinajstić information content (AvgIpc) is 2.18. The van der Waals surface area contributed by atoms with Gasteiger partial charge in [0.25, 0.3) is 0 Å². The van der Waals surface area contributed by atoms with E-state index in [-0.39, 0.29) is 0 Å². The Balaban J connectivity index is 3.32. The van der Waals surface area contributed by atoms with Crippen molar-refractivity contribution in [3.8, 4) is 12.1 Å². The van der Waals surface area contributed by atoms with Gasteiger partial charge < -0.3 is 0 Å². The first-order chi connectivity index (χ1) is 6.31. The lowest BCUT2D eigenvalue weighted by Crippen LogP contribution is -1.81. The molecule has 0 spiro atoms. The van der Waals surface area contributed by atoms with Crippen LogP contribution in [0, 0.1) is 22.7 Å². The molecule has 0 radical (unpaired) electrons. The summed E-state index contributed by atoms with van der Waals surface area (Å²) < 4.78 is 0. The van der Waals surface area contributed by atoms with E-state index in [1.54, 1.807) is 6.07 Å². The molecular formula is C9H3N3S. The van der Waals surface area contributed by atoms with Crippen LogP contribution in [0.3, 0.4) is 0 Å². The Hall–Kier alpha value is -2.00. The standard InChI is InChI=1S/C9H3N3S/c10-4-7-1-2-9(12-6-13)3-8(7)5-11/h1-3H. The van der Waals surface area contributed by atoms with Gasteiger partial charge in [-0.3, -0.25) is 0 Å². The van der Waals surface area contributed by atoms with Crippen LogP contribution < -0.4 is 0 Å². The molecule has 0 fully saturated rings. The highest BCUT2D eigenvalue weighted by molar-refractivity contribution is 7.78. The van der Waals surface area contributed by atoms with Crippen LogP contribution in [-0.4, -0.2) is 5.16 Å². The van der Waals surface area contributed by atoms with Crippen molar-refractivity contribution < 1.29 is 0 Å². The Kier molecular flexibility index (Phi) is 2.89. The van der Waals surface area contributed by atoms with E-state index in [1.165, 1.54) is 12.1 Å². The molecule has 0 heterocycles. The fourth-order valence-corrected chi connectivity index (χ4v) is 0.950. The maximum absolute atomic E-state index is 8.65. The van der Waals surface area contributed by atoms with Crippen LogP contribution in [-0.2, 0) is 0 Å². The third-order valence-corrected chi connectivity index (χ3v) is 1.51. The first-order valence-electron chi connectivity index (χ1n) is 3.34. The number of isothiocyanates is 1. The van der Waals surface area contributed by atoms with Crippen molar-refractivity contribution >= 4 is 23.1 Å². The topological polar surface area (TPSA) is 59.9 Å². The Morgan fingerprint density at radius 1 is 1.15 bits per heavy atom. The first kappa shape index (κ1) is 9.09. The number of hydrogen-bond acceptors (Lipinski definition) is 4. The molecule has 0 atom stereocenters. The van der Waals surface area contributed by atoms with Gasteiger partial charge in [0.1, 0.15) is 12.1 Å². The Labute approximate surface area is 80.6 Å². The number of thiocarbonyl (C=S) groups is 1. The molecule has 0 saturated heterocycles. The number of nitriles is 2. The summed E-state index contributed by atoms with van der Waals surface area (Å²) in [7, 11) is 0. The average molecular weight is 185 g/mol. The molecule has 0 aliphatic rings. The van der Waals surface area contributed by atoms with E-state index in [2.05, 4.69) is 22.4 Å². The van der Waals surface area contributed by atoms with Crippen LogP contribution in [0.4, 0.5) is 5.69 Å². The van der Waals surface area contributed by atoms with E-state index in [4.69, 9.17) is 10.5 Å². The van der Waals surface area contributed by atoms with Gasteiger partial charge in [0.2, 0.25) is 0 Å². The summed E-state index contributed by atoms with van der Waals surface area (Å²) in [4.78, 5) is 3.69. The van der Waals surface area contributed by atoms with Gasteiger partial charge in [-0.1, -0.05) is 0 Å². The van der Waals surface area contributed by atoms with E-state index in [9.17, 15) is 0 Å². The molecule has 0 aromatic heterocycles. The van der Waals surface area contributed by atoms with Crippen molar-refractivity contribution in [2.75, 3.05) is 0 Å². The molecular weight excluding hydrogens is 182 g/mol. The molecule has 4 heteroatoms. The molecule has 0 N–H and O–H groups in total. The smallest absolute Gasteiger partial charge is 0.101 e. The number of rotatable bonds is 1. The van der Waals surface area contributed by atoms with Crippen molar-refractivity contribution in [1.29, 1.82) is 10.5 Å². The van der Waals surface area contributed by atoms with Gasteiger partial charge >= 0.3 is 0 Å². The number of hydrogen-bond donors (Lipinski definition) is 0. The van der Waals surface area contributed by atoms with Crippen LogP contribution in [0.5, 0.6) is 0 Å². The van der Waals surface area contributed by atoms with Crippen molar-refractivity contribution in [1.82, 2.24) is 0 Å². The lowest BCUT2D eigenvalue weighted by atomic mass is 10.1. The fraction of sp³-hybridized carbons (Fsp3) is 0. The largest absolute Gasteiger partial charge is 0.195 e. The van der Waals surface area contributed by atoms with Gasteiger partial charge in [0.15, 0.2) is 0 Å². The Morgan fingerprint density at radius 2 is 1.85 bits per heavy atom. The predicted molar refractivity (Wildman–Crippen MR) is 50.6 cm³/mol. The third kappa shape index (κ3) is 1.98. The van der Waals surface area contributed by atoms with E-state index in [0.29, 0.717) is 16.8 Å². The monoisotopic (exact) mass is 185 g/mol. The SMILES string of the molecule is N#Cc1ccc(N=C=S)cc1C#N. The van der Waals surface area contributed by atoms with Crippen LogP contribution in [0.15, 0.2) is 23.2 Å². The van der Waals surface area contributed by atoms with Gasteiger partial charge in [-0.05, 0) is 30.4 Å². The summed E-state index contributed by atoms with van der Waals surface area (Å²) in [5.41, 5.74) is 1.17. The highest BCUT2D eigenvalue weighted by atomic mass is 32.1. The quantitative estimate of drug-likeness (QED) is 0.497. The maximum atomic E-state index is 8.65. The molecule has 60 valence electrons.